The van der Waals surface area contributed by atoms with Gasteiger partial charge in [0.15, 0.2) is 0 Å². The van der Waals surface area contributed by atoms with Gasteiger partial charge in [-0.25, -0.2) is 4.79 Å². The summed E-state index contributed by atoms with van der Waals surface area (Å²) in [6, 6.07) is 0.414. The average Bonchev–Trinajstić information content (AvgIpc) is 2.97. The Morgan fingerprint density at radius 3 is 3.00 bits per heavy atom. The Morgan fingerprint density at radius 2 is 2.33 bits per heavy atom. The second-order valence-corrected chi connectivity index (χ2v) is 4.13. The lowest BCUT2D eigenvalue weighted by Gasteiger charge is -2.25. The molecule has 1 aliphatic heterocycles. The van der Waals surface area contributed by atoms with E-state index in [9.17, 15) is 4.79 Å². The van der Waals surface area contributed by atoms with Crippen LogP contribution in [0, 0.1) is 5.92 Å². The highest BCUT2D eigenvalue weighted by molar-refractivity contribution is 5.95. The van der Waals surface area contributed by atoms with E-state index in [2.05, 4.69) is 10.6 Å². The van der Waals surface area contributed by atoms with Gasteiger partial charge in [-0.1, -0.05) is 0 Å². The molecule has 3 rings (SSSR count). The third-order valence-electron chi connectivity index (χ3n) is 3.02. The minimum Gasteiger partial charge on any atom is -0.475 e. The highest BCUT2D eigenvalue weighted by Crippen LogP contribution is 2.39. The smallest absolute Gasteiger partial charge is 0.374 e. The van der Waals surface area contributed by atoms with Crippen LogP contribution in [-0.2, 0) is 0 Å². The van der Waals surface area contributed by atoms with Crippen molar-refractivity contribution in [3.63, 3.8) is 0 Å². The van der Waals surface area contributed by atoms with E-state index in [1.165, 1.54) is 19.1 Å². The quantitative estimate of drug-likeness (QED) is 0.688. The summed E-state index contributed by atoms with van der Waals surface area (Å²) in [5.74, 6) is -0.309. The predicted molar refractivity (Wildman–Crippen MR) is 54.3 cm³/mol. The number of carboxylic acid groups (broad SMARTS) is 1. The van der Waals surface area contributed by atoms with E-state index in [0.717, 1.165) is 18.2 Å². The molecule has 1 aromatic rings. The fourth-order valence-electron chi connectivity index (χ4n) is 2.04. The van der Waals surface area contributed by atoms with Crippen LogP contribution in [0.1, 0.15) is 23.4 Å². The maximum Gasteiger partial charge on any atom is 0.374 e. The first-order chi connectivity index (χ1) is 7.25. The van der Waals surface area contributed by atoms with Crippen LogP contribution < -0.4 is 10.6 Å². The van der Waals surface area contributed by atoms with Crippen molar-refractivity contribution in [3.8, 4) is 0 Å². The molecule has 5 heteroatoms. The number of carboxylic acids is 1. The topological polar surface area (TPSA) is 74.5 Å². The van der Waals surface area contributed by atoms with E-state index in [-0.39, 0.29) is 5.76 Å². The van der Waals surface area contributed by atoms with E-state index in [4.69, 9.17) is 9.52 Å². The molecule has 1 saturated carbocycles. The number of hydrogen-bond acceptors (Lipinski definition) is 4. The summed E-state index contributed by atoms with van der Waals surface area (Å²) in [5.41, 5.74) is 1.36. The number of carbonyl (C=O) groups is 1. The normalized spacial score (nSPS) is 23.9. The lowest BCUT2D eigenvalue weighted by molar-refractivity contribution is 0.0664. The van der Waals surface area contributed by atoms with Crippen molar-refractivity contribution in [2.24, 2.45) is 5.92 Å². The summed E-state index contributed by atoms with van der Waals surface area (Å²) in [7, 11) is 0. The molecule has 5 nitrogen and oxygen atoms in total. The zero-order valence-corrected chi connectivity index (χ0v) is 8.12. The van der Waals surface area contributed by atoms with Gasteiger partial charge in [-0.15, -0.1) is 0 Å². The number of hydrogen-bond donors (Lipinski definition) is 3. The van der Waals surface area contributed by atoms with Gasteiger partial charge in [-0.2, -0.15) is 0 Å². The van der Waals surface area contributed by atoms with Gasteiger partial charge in [0.1, 0.15) is 12.0 Å². The minimum absolute atomic E-state index is 0.00764. The Morgan fingerprint density at radius 1 is 1.53 bits per heavy atom. The van der Waals surface area contributed by atoms with Crippen LogP contribution in [0.3, 0.4) is 0 Å². The molecule has 2 aliphatic rings. The van der Waals surface area contributed by atoms with Crippen molar-refractivity contribution in [2.45, 2.75) is 18.9 Å². The van der Waals surface area contributed by atoms with E-state index in [0.29, 0.717) is 11.7 Å². The molecular formula is C10H12N2O3. The number of fused-ring (bicyclic) bond motifs is 1. The first-order valence-electron chi connectivity index (χ1n) is 5.11. The van der Waals surface area contributed by atoms with Crippen LogP contribution in [-0.4, -0.2) is 23.7 Å². The molecule has 80 valence electrons. The molecule has 0 amide bonds. The van der Waals surface area contributed by atoms with Gasteiger partial charge in [0.25, 0.3) is 0 Å². The molecule has 1 aliphatic carbocycles. The van der Waals surface area contributed by atoms with Crippen LogP contribution in [0.5, 0.6) is 0 Å². The van der Waals surface area contributed by atoms with E-state index in [1.807, 2.05) is 0 Å². The van der Waals surface area contributed by atoms with E-state index in [1.54, 1.807) is 0 Å². The molecular weight excluding hydrogens is 196 g/mol. The number of furan rings is 1. The second-order valence-electron chi connectivity index (χ2n) is 4.13. The van der Waals surface area contributed by atoms with Gasteiger partial charge in [-0.3, -0.25) is 0 Å². The molecule has 3 N–H and O–H groups in total. The van der Waals surface area contributed by atoms with Crippen molar-refractivity contribution >= 4 is 17.3 Å². The van der Waals surface area contributed by atoms with Crippen LogP contribution in [0.4, 0.5) is 11.4 Å². The van der Waals surface area contributed by atoms with Crippen molar-refractivity contribution in [1.29, 1.82) is 0 Å². The molecule has 0 radical (unpaired) electrons. The van der Waals surface area contributed by atoms with Gasteiger partial charge in [-0.05, 0) is 18.8 Å². The molecule has 15 heavy (non-hydrogen) atoms. The highest BCUT2D eigenvalue weighted by atomic mass is 16.4. The zero-order valence-electron chi connectivity index (χ0n) is 8.12. The summed E-state index contributed by atoms with van der Waals surface area (Å²) in [6.45, 7) is 0.775. The molecule has 2 heterocycles. The Balaban J connectivity index is 1.87. The summed E-state index contributed by atoms with van der Waals surface area (Å²) >= 11 is 0. The van der Waals surface area contributed by atoms with Crippen molar-refractivity contribution in [3.05, 3.63) is 12.0 Å². The number of rotatable bonds is 2. The number of aromatic carboxylic acids is 1. The maximum absolute atomic E-state index is 10.8. The van der Waals surface area contributed by atoms with Gasteiger partial charge >= 0.3 is 5.97 Å². The summed E-state index contributed by atoms with van der Waals surface area (Å²) in [5, 5.41) is 15.3. The first-order valence-corrected chi connectivity index (χ1v) is 5.11. The largest absolute Gasteiger partial charge is 0.475 e. The van der Waals surface area contributed by atoms with E-state index < -0.39 is 5.97 Å². The fraction of sp³-hybridized carbons (Fsp3) is 0.500. The molecule has 0 spiro atoms. The maximum atomic E-state index is 10.8. The lowest BCUT2D eigenvalue weighted by atomic mass is 10.1. The van der Waals surface area contributed by atoms with Crippen molar-refractivity contribution in [2.75, 3.05) is 17.2 Å². The monoisotopic (exact) mass is 208 g/mol. The Hall–Kier alpha value is -1.65. The SMILES string of the molecule is O=C(O)c1occ2c1NCC(C1CC1)N2. The fourth-order valence-corrected chi connectivity index (χ4v) is 2.04. The van der Waals surface area contributed by atoms with Crippen molar-refractivity contribution in [1.82, 2.24) is 0 Å². The summed E-state index contributed by atoms with van der Waals surface area (Å²) in [4.78, 5) is 10.8. The van der Waals surface area contributed by atoms with Gasteiger partial charge in [0, 0.05) is 12.6 Å². The van der Waals surface area contributed by atoms with Gasteiger partial charge in [0.05, 0.1) is 5.69 Å². The lowest BCUT2D eigenvalue weighted by Crippen LogP contribution is -2.34. The van der Waals surface area contributed by atoms with Crippen LogP contribution in [0.2, 0.25) is 0 Å². The van der Waals surface area contributed by atoms with Gasteiger partial charge in [0.2, 0.25) is 5.76 Å². The second kappa shape index (κ2) is 2.92. The Labute approximate surface area is 86.5 Å². The van der Waals surface area contributed by atoms with Crippen LogP contribution in [0.15, 0.2) is 10.7 Å². The number of anilines is 2. The average molecular weight is 208 g/mol. The molecule has 0 aromatic carbocycles. The molecule has 1 unspecified atom stereocenters. The molecule has 1 atom stereocenters. The molecule has 0 bridgehead atoms. The van der Waals surface area contributed by atoms with Gasteiger partial charge < -0.3 is 20.2 Å². The van der Waals surface area contributed by atoms with E-state index >= 15 is 0 Å². The predicted octanol–water partition coefficient (Wildman–Crippen LogP) is 1.59. The van der Waals surface area contributed by atoms with Crippen molar-refractivity contribution < 1.29 is 14.3 Å². The highest BCUT2D eigenvalue weighted by Gasteiger charge is 2.35. The molecule has 1 aromatic heterocycles. The number of nitrogens with one attached hydrogen (secondary N) is 2. The summed E-state index contributed by atoms with van der Waals surface area (Å²) in [6.07, 6.45) is 4.00. The van der Waals surface area contributed by atoms with Crippen LogP contribution >= 0.6 is 0 Å². The standard InChI is InChI=1S/C10H12N2O3/c13-10(14)9-8-7(4-15-9)12-6(3-11-8)5-1-2-5/h4-6,11-12H,1-3H2,(H,13,14). The molecule has 0 saturated heterocycles. The third-order valence-corrected chi connectivity index (χ3v) is 3.02. The summed E-state index contributed by atoms with van der Waals surface area (Å²) < 4.78 is 5.00. The third kappa shape index (κ3) is 1.35. The Kier molecular flexibility index (Phi) is 1.68. The van der Waals surface area contributed by atoms with Crippen LogP contribution in [0.25, 0.3) is 0 Å². The minimum atomic E-state index is -1.03. The zero-order chi connectivity index (χ0) is 10.4. The first kappa shape index (κ1) is 8.64. The Bertz CT molecular complexity index is 409. The molecule has 1 fully saturated rings.